The van der Waals surface area contributed by atoms with Crippen LogP contribution in [0.5, 0.6) is 23.0 Å². The van der Waals surface area contributed by atoms with E-state index in [1.807, 2.05) is 0 Å². The number of hydrogen-bond donors (Lipinski definition) is 0. The molecule has 0 fully saturated rings. The summed E-state index contributed by atoms with van der Waals surface area (Å²) >= 11 is 0. The van der Waals surface area contributed by atoms with Gasteiger partial charge in [-0.05, 0) is 24.3 Å². The van der Waals surface area contributed by atoms with Crippen molar-refractivity contribution in [2.75, 3.05) is 21.3 Å². The standard InChI is InChI=1S/C19H16O7/c1-22-13-8-7-11(9-16(13)24-3)25-19(21)17-10-12(20)18-14(23-2)5-4-6-15(18)26-17/h4-10H,1-3H3. The van der Waals surface area contributed by atoms with E-state index in [0.717, 1.165) is 6.07 Å². The molecule has 0 N–H and O–H groups in total. The number of hydrogen-bond acceptors (Lipinski definition) is 7. The van der Waals surface area contributed by atoms with Crippen LogP contribution in [0.15, 0.2) is 51.7 Å². The summed E-state index contributed by atoms with van der Waals surface area (Å²) in [6.07, 6.45) is 0. The van der Waals surface area contributed by atoms with Crippen molar-refractivity contribution in [3.8, 4) is 23.0 Å². The van der Waals surface area contributed by atoms with Gasteiger partial charge in [-0.25, -0.2) is 4.79 Å². The molecule has 0 bridgehead atoms. The van der Waals surface area contributed by atoms with Crippen LogP contribution in [0.25, 0.3) is 11.0 Å². The van der Waals surface area contributed by atoms with Crippen LogP contribution in [0.2, 0.25) is 0 Å². The van der Waals surface area contributed by atoms with Gasteiger partial charge in [-0.3, -0.25) is 4.79 Å². The van der Waals surface area contributed by atoms with Crippen molar-refractivity contribution in [3.63, 3.8) is 0 Å². The molecule has 1 aromatic heterocycles. The van der Waals surface area contributed by atoms with Crippen molar-refractivity contribution in [1.82, 2.24) is 0 Å². The molecule has 134 valence electrons. The number of rotatable bonds is 5. The molecular weight excluding hydrogens is 340 g/mol. The summed E-state index contributed by atoms with van der Waals surface area (Å²) in [5.41, 5.74) is -0.168. The van der Waals surface area contributed by atoms with Gasteiger partial charge in [0, 0.05) is 12.1 Å². The summed E-state index contributed by atoms with van der Waals surface area (Å²) in [6.45, 7) is 0. The molecule has 0 saturated carbocycles. The molecule has 7 heteroatoms. The fourth-order valence-corrected chi connectivity index (χ4v) is 2.49. The highest BCUT2D eigenvalue weighted by molar-refractivity contribution is 5.91. The molecule has 0 unspecified atom stereocenters. The van der Waals surface area contributed by atoms with Crippen LogP contribution in [0, 0.1) is 0 Å². The van der Waals surface area contributed by atoms with Crippen LogP contribution >= 0.6 is 0 Å². The highest BCUT2D eigenvalue weighted by Gasteiger charge is 2.17. The van der Waals surface area contributed by atoms with E-state index in [1.165, 1.54) is 27.4 Å². The Labute approximate surface area is 148 Å². The van der Waals surface area contributed by atoms with E-state index in [2.05, 4.69) is 0 Å². The molecule has 0 spiro atoms. The second kappa shape index (κ2) is 7.18. The average Bonchev–Trinajstić information content (AvgIpc) is 2.67. The van der Waals surface area contributed by atoms with Gasteiger partial charge in [0.15, 0.2) is 16.9 Å². The minimum atomic E-state index is -0.806. The first kappa shape index (κ1) is 17.3. The summed E-state index contributed by atoms with van der Waals surface area (Å²) in [5.74, 6) is 0.473. The van der Waals surface area contributed by atoms with Crippen LogP contribution < -0.4 is 24.4 Å². The van der Waals surface area contributed by atoms with Crippen LogP contribution in [0.3, 0.4) is 0 Å². The number of methoxy groups -OCH3 is 3. The molecule has 0 aliphatic heterocycles. The third-order valence-electron chi connectivity index (χ3n) is 3.70. The fourth-order valence-electron chi connectivity index (χ4n) is 2.49. The molecule has 0 saturated heterocycles. The first-order chi connectivity index (χ1) is 12.6. The Bertz CT molecular complexity index is 1020. The van der Waals surface area contributed by atoms with Gasteiger partial charge >= 0.3 is 5.97 Å². The zero-order chi connectivity index (χ0) is 18.7. The maximum atomic E-state index is 12.4. The molecule has 1 heterocycles. The fraction of sp³-hybridized carbons (Fsp3) is 0.158. The Balaban J connectivity index is 1.95. The molecule has 0 radical (unpaired) electrons. The molecule has 0 amide bonds. The van der Waals surface area contributed by atoms with E-state index in [-0.39, 0.29) is 22.5 Å². The summed E-state index contributed by atoms with van der Waals surface area (Å²) in [4.78, 5) is 24.7. The minimum absolute atomic E-state index is 0.217. The SMILES string of the molecule is COc1ccc(OC(=O)c2cc(=O)c3c(OC)cccc3o2)cc1OC. The molecule has 7 nitrogen and oxygen atoms in total. The molecule has 26 heavy (non-hydrogen) atoms. The number of fused-ring (bicyclic) bond motifs is 1. The minimum Gasteiger partial charge on any atom is -0.496 e. The van der Waals surface area contributed by atoms with Gasteiger partial charge in [0.25, 0.3) is 0 Å². The highest BCUT2D eigenvalue weighted by atomic mass is 16.6. The zero-order valence-electron chi connectivity index (χ0n) is 14.4. The maximum absolute atomic E-state index is 12.4. The van der Waals surface area contributed by atoms with Gasteiger partial charge in [-0.2, -0.15) is 0 Å². The Hall–Kier alpha value is -3.48. The van der Waals surface area contributed by atoms with Crippen molar-refractivity contribution in [3.05, 3.63) is 58.4 Å². The van der Waals surface area contributed by atoms with Crippen molar-refractivity contribution in [2.45, 2.75) is 0 Å². The number of benzene rings is 2. The van der Waals surface area contributed by atoms with Gasteiger partial charge in [-0.1, -0.05) is 6.07 Å². The highest BCUT2D eigenvalue weighted by Crippen LogP contribution is 2.31. The van der Waals surface area contributed by atoms with Crippen molar-refractivity contribution in [1.29, 1.82) is 0 Å². The number of esters is 1. The normalized spacial score (nSPS) is 10.4. The van der Waals surface area contributed by atoms with Gasteiger partial charge in [0.1, 0.15) is 22.5 Å². The number of carbonyl (C=O) groups excluding carboxylic acids is 1. The van der Waals surface area contributed by atoms with Gasteiger partial charge in [-0.15, -0.1) is 0 Å². The lowest BCUT2D eigenvalue weighted by Crippen LogP contribution is -2.13. The lowest BCUT2D eigenvalue weighted by atomic mass is 10.2. The molecule has 3 rings (SSSR count). The first-order valence-electron chi connectivity index (χ1n) is 7.62. The van der Waals surface area contributed by atoms with E-state index in [0.29, 0.717) is 17.2 Å². The van der Waals surface area contributed by atoms with E-state index in [9.17, 15) is 9.59 Å². The third kappa shape index (κ3) is 3.19. The predicted molar refractivity (Wildman–Crippen MR) is 93.5 cm³/mol. The Morgan fingerprint density at radius 3 is 2.31 bits per heavy atom. The van der Waals surface area contributed by atoms with Crippen molar-refractivity contribution >= 4 is 16.9 Å². The summed E-state index contributed by atoms with van der Waals surface area (Å²) < 4.78 is 26.2. The van der Waals surface area contributed by atoms with E-state index in [4.69, 9.17) is 23.4 Å². The molecule has 0 aliphatic carbocycles. The Morgan fingerprint density at radius 2 is 1.62 bits per heavy atom. The summed E-state index contributed by atoms with van der Waals surface area (Å²) in [7, 11) is 4.42. The largest absolute Gasteiger partial charge is 0.496 e. The Kier molecular flexibility index (Phi) is 4.79. The second-order valence-electron chi connectivity index (χ2n) is 5.21. The zero-order valence-corrected chi connectivity index (χ0v) is 14.4. The van der Waals surface area contributed by atoms with Crippen LogP contribution in [0.1, 0.15) is 10.6 Å². The van der Waals surface area contributed by atoms with E-state index in [1.54, 1.807) is 30.3 Å². The van der Waals surface area contributed by atoms with Crippen LogP contribution in [-0.4, -0.2) is 27.3 Å². The molecule has 0 aliphatic rings. The Morgan fingerprint density at radius 1 is 0.885 bits per heavy atom. The monoisotopic (exact) mass is 356 g/mol. The van der Waals surface area contributed by atoms with Crippen LogP contribution in [-0.2, 0) is 0 Å². The van der Waals surface area contributed by atoms with Gasteiger partial charge in [0.2, 0.25) is 5.76 Å². The van der Waals surface area contributed by atoms with E-state index < -0.39 is 11.4 Å². The van der Waals surface area contributed by atoms with Gasteiger partial charge < -0.3 is 23.4 Å². The lowest BCUT2D eigenvalue weighted by molar-refractivity contribution is 0.0701. The number of ether oxygens (including phenoxy) is 4. The topological polar surface area (TPSA) is 84.2 Å². The lowest BCUT2D eigenvalue weighted by Gasteiger charge is -2.10. The maximum Gasteiger partial charge on any atom is 0.379 e. The summed E-state index contributed by atoms with van der Waals surface area (Å²) in [6, 6.07) is 10.6. The average molecular weight is 356 g/mol. The first-order valence-corrected chi connectivity index (χ1v) is 7.62. The predicted octanol–water partition coefficient (Wildman–Crippen LogP) is 3.04. The second-order valence-corrected chi connectivity index (χ2v) is 5.21. The molecule has 0 atom stereocenters. The van der Waals surface area contributed by atoms with E-state index >= 15 is 0 Å². The van der Waals surface area contributed by atoms with Crippen LogP contribution in [0.4, 0.5) is 0 Å². The molecule has 3 aromatic rings. The smallest absolute Gasteiger partial charge is 0.379 e. The molecular formula is C19H16O7. The quantitative estimate of drug-likeness (QED) is 0.513. The molecule has 2 aromatic carbocycles. The number of carbonyl (C=O) groups is 1. The van der Waals surface area contributed by atoms with Gasteiger partial charge in [0.05, 0.1) is 21.3 Å². The summed E-state index contributed by atoms with van der Waals surface area (Å²) in [5, 5.41) is 0.262. The van der Waals surface area contributed by atoms with Crippen molar-refractivity contribution in [2.24, 2.45) is 0 Å². The van der Waals surface area contributed by atoms with Crippen molar-refractivity contribution < 1.29 is 28.2 Å². The third-order valence-corrected chi connectivity index (χ3v) is 3.70.